The Bertz CT molecular complexity index is 1270. The average Bonchev–Trinajstić information content (AvgIpc) is 3.25. The molecule has 1 aliphatic heterocycles. The number of imidazole rings is 1. The van der Waals surface area contributed by atoms with Crippen LogP contribution in [-0.4, -0.2) is 45.0 Å². The normalized spacial score (nSPS) is 16.4. The molecule has 1 aromatic carbocycles. The standard InChI is InChI=1S/C20H19N7OS/c1-4-27-19(15-8-21-12(2)22-9-15)25-18-17(23-11-24-20(18)27)13-5-6-16-14(7-13)10-26(3)29(16)28/h5-9,11H,4,10H2,1-3H3. The van der Waals surface area contributed by atoms with E-state index in [1.54, 1.807) is 18.7 Å². The van der Waals surface area contributed by atoms with Crippen LogP contribution in [0.4, 0.5) is 0 Å². The van der Waals surface area contributed by atoms with Gasteiger partial charge in [0, 0.05) is 38.1 Å². The Kier molecular flexibility index (Phi) is 4.21. The van der Waals surface area contributed by atoms with Crippen LogP contribution in [-0.2, 0) is 24.1 Å². The van der Waals surface area contributed by atoms with Crippen molar-refractivity contribution in [2.24, 2.45) is 0 Å². The lowest BCUT2D eigenvalue weighted by molar-refractivity contribution is 0.541. The van der Waals surface area contributed by atoms with Gasteiger partial charge in [-0.25, -0.2) is 33.4 Å². The molecular formula is C20H19N7OS. The van der Waals surface area contributed by atoms with E-state index in [1.807, 2.05) is 35.0 Å². The molecule has 4 aromatic rings. The van der Waals surface area contributed by atoms with E-state index in [4.69, 9.17) is 4.98 Å². The second-order valence-corrected chi connectivity index (χ2v) is 8.51. The third kappa shape index (κ3) is 2.85. The van der Waals surface area contributed by atoms with Crippen molar-refractivity contribution in [3.05, 3.63) is 48.3 Å². The molecule has 0 N–H and O–H groups in total. The van der Waals surface area contributed by atoms with E-state index in [-0.39, 0.29) is 0 Å². The van der Waals surface area contributed by atoms with Gasteiger partial charge in [0.15, 0.2) is 5.65 Å². The maximum Gasteiger partial charge on any atom is 0.164 e. The van der Waals surface area contributed by atoms with Crippen molar-refractivity contribution < 1.29 is 4.21 Å². The van der Waals surface area contributed by atoms with Gasteiger partial charge in [-0.3, -0.25) is 0 Å². The molecule has 0 saturated heterocycles. The fourth-order valence-corrected chi connectivity index (χ4v) is 4.79. The first-order valence-electron chi connectivity index (χ1n) is 9.33. The van der Waals surface area contributed by atoms with Gasteiger partial charge < -0.3 is 4.57 Å². The number of rotatable bonds is 3. The van der Waals surface area contributed by atoms with E-state index in [0.717, 1.165) is 44.3 Å². The van der Waals surface area contributed by atoms with Crippen molar-refractivity contribution >= 4 is 22.1 Å². The maximum atomic E-state index is 12.3. The first-order valence-corrected chi connectivity index (χ1v) is 10.4. The van der Waals surface area contributed by atoms with Crippen LogP contribution in [0.3, 0.4) is 0 Å². The number of hydrogen-bond donors (Lipinski definition) is 0. The van der Waals surface area contributed by atoms with E-state index in [2.05, 4.69) is 32.9 Å². The Hall–Kier alpha value is -3.04. The van der Waals surface area contributed by atoms with Crippen LogP contribution in [0.25, 0.3) is 33.8 Å². The third-order valence-electron chi connectivity index (χ3n) is 5.09. The van der Waals surface area contributed by atoms with Gasteiger partial charge in [0.05, 0.1) is 10.5 Å². The highest BCUT2D eigenvalue weighted by atomic mass is 32.2. The molecule has 4 heterocycles. The molecule has 1 aliphatic rings. The van der Waals surface area contributed by atoms with Crippen LogP contribution in [0.5, 0.6) is 0 Å². The lowest BCUT2D eigenvalue weighted by Gasteiger charge is -2.05. The third-order valence-corrected chi connectivity index (χ3v) is 6.56. The SMILES string of the molecule is CCn1c(-c2cnc(C)nc2)nc2c(-c3ccc4c(c3)CN(C)S4=O)ncnc21. The van der Waals surface area contributed by atoms with Gasteiger partial charge in [-0.1, -0.05) is 6.07 Å². The zero-order valence-corrected chi connectivity index (χ0v) is 17.1. The molecule has 0 aliphatic carbocycles. The average molecular weight is 405 g/mol. The van der Waals surface area contributed by atoms with Crippen molar-refractivity contribution in [2.75, 3.05) is 7.05 Å². The molecule has 5 rings (SSSR count). The van der Waals surface area contributed by atoms with Crippen LogP contribution in [0.2, 0.25) is 0 Å². The molecular weight excluding hydrogens is 386 g/mol. The number of hydrogen-bond acceptors (Lipinski definition) is 6. The first kappa shape index (κ1) is 18.0. The maximum absolute atomic E-state index is 12.3. The van der Waals surface area contributed by atoms with Crippen LogP contribution in [0.1, 0.15) is 18.3 Å². The molecule has 0 radical (unpaired) electrons. The Morgan fingerprint density at radius 3 is 2.66 bits per heavy atom. The fraction of sp³-hybridized carbons (Fsp3) is 0.250. The second-order valence-electron chi connectivity index (χ2n) is 6.95. The highest BCUT2D eigenvalue weighted by Gasteiger charge is 2.25. The zero-order valence-electron chi connectivity index (χ0n) is 16.3. The Morgan fingerprint density at radius 2 is 1.90 bits per heavy atom. The summed E-state index contributed by atoms with van der Waals surface area (Å²) in [4.78, 5) is 23.4. The van der Waals surface area contributed by atoms with Crippen LogP contribution in [0, 0.1) is 6.92 Å². The molecule has 1 atom stereocenters. The number of fused-ring (bicyclic) bond motifs is 2. The second kappa shape index (κ2) is 6.78. The van der Waals surface area contributed by atoms with Gasteiger partial charge in [0.2, 0.25) is 0 Å². The van der Waals surface area contributed by atoms with Gasteiger partial charge in [0.25, 0.3) is 0 Å². The summed E-state index contributed by atoms with van der Waals surface area (Å²) in [5, 5.41) is 0. The van der Waals surface area contributed by atoms with Crippen molar-refractivity contribution in [1.29, 1.82) is 0 Å². The first-order chi connectivity index (χ1) is 14.1. The van der Waals surface area contributed by atoms with Crippen molar-refractivity contribution in [1.82, 2.24) is 33.8 Å². The summed E-state index contributed by atoms with van der Waals surface area (Å²) in [5.74, 6) is 1.49. The quantitative estimate of drug-likeness (QED) is 0.521. The van der Waals surface area contributed by atoms with Gasteiger partial charge in [0.1, 0.15) is 40.2 Å². The number of aryl methyl sites for hydroxylation is 2. The predicted octanol–water partition coefficient (Wildman–Crippen LogP) is 2.75. The Labute approximate surface area is 170 Å². The minimum absolute atomic E-state index is 0.652. The summed E-state index contributed by atoms with van der Waals surface area (Å²) in [6.45, 7) is 5.28. The zero-order chi connectivity index (χ0) is 20.1. The van der Waals surface area contributed by atoms with E-state index in [0.29, 0.717) is 18.9 Å². The molecule has 1 unspecified atom stereocenters. The highest BCUT2D eigenvalue weighted by Crippen LogP contribution is 2.33. The molecule has 8 nitrogen and oxygen atoms in total. The van der Waals surface area contributed by atoms with Crippen LogP contribution in [0.15, 0.2) is 41.8 Å². The van der Waals surface area contributed by atoms with E-state index in [1.165, 1.54) is 0 Å². The summed E-state index contributed by atoms with van der Waals surface area (Å²) < 4.78 is 16.2. The summed E-state index contributed by atoms with van der Waals surface area (Å²) in [7, 11) is 0.763. The Balaban J connectivity index is 1.69. The van der Waals surface area contributed by atoms with Crippen LogP contribution < -0.4 is 0 Å². The van der Waals surface area contributed by atoms with Gasteiger partial charge >= 0.3 is 0 Å². The smallest absolute Gasteiger partial charge is 0.164 e. The molecule has 0 saturated carbocycles. The fourth-order valence-electron chi connectivity index (χ4n) is 3.66. The number of nitrogens with zero attached hydrogens (tertiary/aromatic N) is 7. The molecule has 3 aromatic heterocycles. The van der Waals surface area contributed by atoms with Gasteiger partial charge in [-0.15, -0.1) is 0 Å². The van der Waals surface area contributed by atoms with Crippen molar-refractivity contribution in [2.45, 2.75) is 31.8 Å². The molecule has 9 heteroatoms. The molecule has 146 valence electrons. The molecule has 29 heavy (non-hydrogen) atoms. The van der Waals surface area contributed by atoms with Crippen LogP contribution >= 0.6 is 0 Å². The van der Waals surface area contributed by atoms with E-state index < -0.39 is 11.0 Å². The Morgan fingerprint density at radius 1 is 1.10 bits per heavy atom. The molecule has 0 spiro atoms. The topological polar surface area (TPSA) is 89.7 Å². The van der Waals surface area contributed by atoms with Crippen molar-refractivity contribution in [3.63, 3.8) is 0 Å². The lowest BCUT2D eigenvalue weighted by Crippen LogP contribution is -2.11. The number of aromatic nitrogens is 6. The van der Waals surface area contributed by atoms with E-state index >= 15 is 0 Å². The lowest BCUT2D eigenvalue weighted by atomic mass is 10.1. The summed E-state index contributed by atoms with van der Waals surface area (Å²) in [6.07, 6.45) is 5.13. The van der Waals surface area contributed by atoms with Gasteiger partial charge in [-0.2, -0.15) is 0 Å². The monoisotopic (exact) mass is 405 g/mol. The molecule has 0 bridgehead atoms. The predicted molar refractivity (Wildman–Crippen MR) is 110 cm³/mol. The molecule has 0 fully saturated rings. The van der Waals surface area contributed by atoms with Crippen molar-refractivity contribution in [3.8, 4) is 22.6 Å². The van der Waals surface area contributed by atoms with E-state index in [9.17, 15) is 4.21 Å². The number of benzene rings is 1. The summed E-state index contributed by atoms with van der Waals surface area (Å²) in [5.41, 5.74) is 5.10. The van der Waals surface area contributed by atoms with Gasteiger partial charge in [-0.05, 0) is 31.5 Å². The minimum Gasteiger partial charge on any atom is -0.309 e. The largest absolute Gasteiger partial charge is 0.309 e. The molecule has 0 amide bonds. The summed E-state index contributed by atoms with van der Waals surface area (Å²) >= 11 is 0. The highest BCUT2D eigenvalue weighted by molar-refractivity contribution is 7.83. The summed E-state index contributed by atoms with van der Waals surface area (Å²) in [6, 6.07) is 5.93. The minimum atomic E-state index is -1.10.